The molecule has 6 heteroatoms. The minimum absolute atomic E-state index is 0.428. The first-order chi connectivity index (χ1) is 12.2. The summed E-state index contributed by atoms with van der Waals surface area (Å²) in [6, 6.07) is 8.69. The molecule has 0 bridgehead atoms. The maximum atomic E-state index is 4.32. The van der Waals surface area contributed by atoms with Crippen molar-refractivity contribution < 1.29 is 0 Å². The molecule has 6 nitrogen and oxygen atoms in total. The Bertz CT molecular complexity index is 618. The van der Waals surface area contributed by atoms with E-state index in [1.54, 1.807) is 11.0 Å². The Kier molecular flexibility index (Phi) is 7.95. The SMILES string of the molecule is CCCCCCC(C)NC(=NC)NCc1ccc(-n2cncn2)cc1. The van der Waals surface area contributed by atoms with Gasteiger partial charge in [-0.3, -0.25) is 4.99 Å². The molecule has 0 amide bonds. The van der Waals surface area contributed by atoms with Crippen LogP contribution in [-0.4, -0.2) is 33.8 Å². The van der Waals surface area contributed by atoms with Crippen LogP contribution in [-0.2, 0) is 6.54 Å². The van der Waals surface area contributed by atoms with E-state index in [0.29, 0.717) is 6.04 Å². The maximum Gasteiger partial charge on any atom is 0.191 e. The highest BCUT2D eigenvalue weighted by molar-refractivity contribution is 5.79. The Morgan fingerprint density at radius 3 is 2.64 bits per heavy atom. The second-order valence-corrected chi connectivity index (χ2v) is 6.33. The van der Waals surface area contributed by atoms with Crippen molar-refractivity contribution in [1.82, 2.24) is 25.4 Å². The number of nitrogens with one attached hydrogen (secondary N) is 2. The van der Waals surface area contributed by atoms with Gasteiger partial charge in [0.2, 0.25) is 0 Å². The first kappa shape index (κ1) is 19.0. The molecule has 0 aliphatic carbocycles. The lowest BCUT2D eigenvalue weighted by Crippen LogP contribution is -2.41. The van der Waals surface area contributed by atoms with Crippen molar-refractivity contribution in [3.05, 3.63) is 42.5 Å². The normalized spacial score (nSPS) is 12.8. The summed E-state index contributed by atoms with van der Waals surface area (Å²) in [6.45, 7) is 5.19. The van der Waals surface area contributed by atoms with Gasteiger partial charge in [0.05, 0.1) is 5.69 Å². The lowest BCUT2D eigenvalue weighted by molar-refractivity contribution is 0.537. The average molecular weight is 342 g/mol. The quantitative estimate of drug-likeness (QED) is 0.417. The third kappa shape index (κ3) is 6.57. The molecule has 0 saturated heterocycles. The molecule has 0 aliphatic heterocycles. The molecular weight excluding hydrogens is 312 g/mol. The monoisotopic (exact) mass is 342 g/mol. The van der Waals surface area contributed by atoms with Crippen molar-refractivity contribution >= 4 is 5.96 Å². The van der Waals surface area contributed by atoms with Crippen molar-refractivity contribution in [1.29, 1.82) is 0 Å². The van der Waals surface area contributed by atoms with E-state index in [4.69, 9.17) is 0 Å². The summed E-state index contributed by atoms with van der Waals surface area (Å²) in [4.78, 5) is 8.28. The summed E-state index contributed by atoms with van der Waals surface area (Å²) in [5.41, 5.74) is 2.20. The zero-order valence-electron chi connectivity index (χ0n) is 15.6. The number of hydrogen-bond donors (Lipinski definition) is 2. The lowest BCUT2D eigenvalue weighted by Gasteiger charge is -2.18. The van der Waals surface area contributed by atoms with Crippen LogP contribution in [0, 0.1) is 0 Å². The van der Waals surface area contributed by atoms with E-state index in [0.717, 1.165) is 18.2 Å². The number of aromatic nitrogens is 3. The van der Waals surface area contributed by atoms with E-state index in [-0.39, 0.29) is 0 Å². The van der Waals surface area contributed by atoms with Crippen molar-refractivity contribution in [3.8, 4) is 5.69 Å². The average Bonchev–Trinajstić information content (AvgIpc) is 3.17. The summed E-state index contributed by atoms with van der Waals surface area (Å²) >= 11 is 0. The Morgan fingerprint density at radius 2 is 2.00 bits per heavy atom. The predicted molar refractivity (Wildman–Crippen MR) is 103 cm³/mol. The topological polar surface area (TPSA) is 67.1 Å². The molecule has 2 N–H and O–H groups in total. The van der Waals surface area contributed by atoms with Gasteiger partial charge in [0.1, 0.15) is 12.7 Å². The fourth-order valence-corrected chi connectivity index (χ4v) is 2.67. The molecule has 2 aromatic rings. The van der Waals surface area contributed by atoms with Crippen LogP contribution in [0.4, 0.5) is 0 Å². The van der Waals surface area contributed by atoms with Gasteiger partial charge in [0, 0.05) is 19.6 Å². The zero-order valence-corrected chi connectivity index (χ0v) is 15.6. The molecule has 1 unspecified atom stereocenters. The van der Waals surface area contributed by atoms with E-state index in [1.165, 1.54) is 44.0 Å². The second kappa shape index (κ2) is 10.5. The largest absolute Gasteiger partial charge is 0.354 e. The van der Waals surface area contributed by atoms with Crippen LogP contribution in [0.5, 0.6) is 0 Å². The highest BCUT2D eigenvalue weighted by atomic mass is 15.3. The van der Waals surface area contributed by atoms with E-state index in [2.05, 4.69) is 51.7 Å². The molecular formula is C19H30N6. The molecule has 0 fully saturated rings. The molecule has 1 heterocycles. The van der Waals surface area contributed by atoms with Crippen LogP contribution < -0.4 is 10.6 Å². The number of unbranched alkanes of at least 4 members (excludes halogenated alkanes) is 3. The van der Waals surface area contributed by atoms with E-state index < -0.39 is 0 Å². The Labute approximate surface area is 150 Å². The highest BCUT2D eigenvalue weighted by Gasteiger charge is 2.05. The van der Waals surface area contributed by atoms with Gasteiger partial charge in [-0.25, -0.2) is 9.67 Å². The van der Waals surface area contributed by atoms with Gasteiger partial charge in [0.15, 0.2) is 5.96 Å². The van der Waals surface area contributed by atoms with E-state index in [1.807, 2.05) is 19.2 Å². The van der Waals surface area contributed by atoms with Crippen LogP contribution in [0.3, 0.4) is 0 Å². The minimum atomic E-state index is 0.428. The van der Waals surface area contributed by atoms with Gasteiger partial charge in [-0.1, -0.05) is 44.7 Å². The highest BCUT2D eigenvalue weighted by Crippen LogP contribution is 2.08. The molecule has 0 spiro atoms. The number of aliphatic imine (C=N–C) groups is 1. The summed E-state index contributed by atoms with van der Waals surface area (Å²) < 4.78 is 1.75. The molecule has 0 saturated carbocycles. The molecule has 1 aromatic carbocycles. The first-order valence-corrected chi connectivity index (χ1v) is 9.14. The molecule has 1 aromatic heterocycles. The molecule has 0 aliphatic rings. The van der Waals surface area contributed by atoms with Crippen LogP contribution in [0.25, 0.3) is 5.69 Å². The fourth-order valence-electron chi connectivity index (χ4n) is 2.67. The zero-order chi connectivity index (χ0) is 17.9. The van der Waals surface area contributed by atoms with E-state index >= 15 is 0 Å². The predicted octanol–water partition coefficient (Wildman–Crippen LogP) is 3.29. The van der Waals surface area contributed by atoms with Gasteiger partial charge in [-0.2, -0.15) is 5.10 Å². The lowest BCUT2D eigenvalue weighted by atomic mass is 10.1. The standard InChI is InChI=1S/C19H30N6/c1-4-5-6-7-8-16(2)24-19(20-3)22-13-17-9-11-18(12-10-17)25-15-21-14-23-25/h9-12,14-16H,4-8,13H2,1-3H3,(H2,20,22,24). The summed E-state index contributed by atoms with van der Waals surface area (Å²) in [5, 5.41) is 11.0. The summed E-state index contributed by atoms with van der Waals surface area (Å²) in [7, 11) is 1.81. The van der Waals surface area contributed by atoms with Gasteiger partial charge < -0.3 is 10.6 Å². The van der Waals surface area contributed by atoms with Crippen LogP contribution in [0.2, 0.25) is 0 Å². The molecule has 25 heavy (non-hydrogen) atoms. The third-order valence-corrected chi connectivity index (χ3v) is 4.18. The second-order valence-electron chi connectivity index (χ2n) is 6.33. The Morgan fingerprint density at radius 1 is 1.20 bits per heavy atom. The van der Waals surface area contributed by atoms with Crippen LogP contribution in [0.1, 0.15) is 51.5 Å². The number of rotatable bonds is 9. The van der Waals surface area contributed by atoms with E-state index in [9.17, 15) is 0 Å². The first-order valence-electron chi connectivity index (χ1n) is 9.14. The Hall–Kier alpha value is -2.37. The number of nitrogens with zero attached hydrogens (tertiary/aromatic N) is 4. The third-order valence-electron chi connectivity index (χ3n) is 4.18. The molecule has 136 valence electrons. The summed E-state index contributed by atoms with van der Waals surface area (Å²) in [6.07, 6.45) is 9.59. The summed E-state index contributed by atoms with van der Waals surface area (Å²) in [5.74, 6) is 0.850. The fraction of sp³-hybridized carbons (Fsp3) is 0.526. The van der Waals surface area contributed by atoms with Crippen molar-refractivity contribution in [2.45, 2.75) is 58.5 Å². The number of guanidine groups is 1. The van der Waals surface area contributed by atoms with Crippen molar-refractivity contribution in [2.75, 3.05) is 7.05 Å². The van der Waals surface area contributed by atoms with Gasteiger partial charge in [0.25, 0.3) is 0 Å². The molecule has 2 rings (SSSR count). The van der Waals surface area contributed by atoms with Crippen molar-refractivity contribution in [3.63, 3.8) is 0 Å². The smallest absolute Gasteiger partial charge is 0.191 e. The molecule has 0 radical (unpaired) electrons. The number of benzene rings is 1. The van der Waals surface area contributed by atoms with Gasteiger partial charge in [-0.05, 0) is 31.0 Å². The van der Waals surface area contributed by atoms with Gasteiger partial charge >= 0.3 is 0 Å². The van der Waals surface area contributed by atoms with Crippen LogP contribution >= 0.6 is 0 Å². The van der Waals surface area contributed by atoms with Crippen LogP contribution in [0.15, 0.2) is 41.9 Å². The van der Waals surface area contributed by atoms with Gasteiger partial charge in [-0.15, -0.1) is 0 Å². The Balaban J connectivity index is 1.76. The minimum Gasteiger partial charge on any atom is -0.354 e. The van der Waals surface area contributed by atoms with Crippen molar-refractivity contribution in [2.24, 2.45) is 4.99 Å². The maximum absolute atomic E-state index is 4.32. The molecule has 1 atom stereocenters. The number of hydrogen-bond acceptors (Lipinski definition) is 3.